The molecule has 2 atom stereocenters. The van der Waals surface area contributed by atoms with Crippen molar-refractivity contribution in [3.8, 4) is 0 Å². The zero-order valence-electron chi connectivity index (χ0n) is 16.5. The van der Waals surface area contributed by atoms with Gasteiger partial charge in [0.25, 0.3) is 0 Å². The van der Waals surface area contributed by atoms with E-state index in [-0.39, 0.29) is 11.8 Å². The number of nitrogens with two attached hydrogens (primary N) is 1. The van der Waals surface area contributed by atoms with E-state index >= 15 is 0 Å². The summed E-state index contributed by atoms with van der Waals surface area (Å²) >= 11 is 0. The van der Waals surface area contributed by atoms with E-state index in [9.17, 15) is 9.59 Å². The number of aromatic amines is 1. The zero-order valence-corrected chi connectivity index (χ0v) is 16.5. The van der Waals surface area contributed by atoms with E-state index in [1.165, 1.54) is 7.11 Å². The minimum absolute atomic E-state index is 0.0803. The van der Waals surface area contributed by atoms with Gasteiger partial charge in [-0.05, 0) is 38.5 Å². The van der Waals surface area contributed by atoms with Crippen LogP contribution in [-0.4, -0.2) is 29.9 Å². The summed E-state index contributed by atoms with van der Waals surface area (Å²) in [7, 11) is 1.33. The van der Waals surface area contributed by atoms with Crippen LogP contribution in [0.25, 0.3) is 0 Å². The lowest BCUT2D eigenvalue weighted by Crippen LogP contribution is -2.92. The molecule has 0 aliphatic heterocycles. The number of hydrogen-bond acceptors (Lipinski definition) is 4. The summed E-state index contributed by atoms with van der Waals surface area (Å²) in [5.41, 5.74) is 3.15. The summed E-state index contributed by atoms with van der Waals surface area (Å²) in [6.45, 7) is 5.38. The smallest absolute Gasteiger partial charge is 0.339 e. The number of methoxy groups -OCH3 is 1. The molecule has 6 nitrogen and oxygen atoms in total. The van der Waals surface area contributed by atoms with Crippen molar-refractivity contribution < 1.29 is 24.1 Å². The summed E-state index contributed by atoms with van der Waals surface area (Å²) in [6, 6.07) is 13.1. The first-order valence-corrected chi connectivity index (χ1v) is 9.19. The van der Waals surface area contributed by atoms with Crippen molar-refractivity contribution in [2.75, 3.05) is 7.11 Å². The molecule has 0 aliphatic rings. The molecule has 1 aromatic carbocycles. The molecular formula is C22H25N2O4+. The van der Waals surface area contributed by atoms with E-state index in [0.29, 0.717) is 22.5 Å². The number of Topliss-reactive ketones (excluding diaryl/α,β-unsaturated/α-hetero) is 1. The molecular weight excluding hydrogens is 356 g/mol. The van der Waals surface area contributed by atoms with Crippen LogP contribution in [0, 0.1) is 13.8 Å². The van der Waals surface area contributed by atoms with E-state index in [1.54, 1.807) is 20.1 Å². The molecule has 0 saturated heterocycles. The summed E-state index contributed by atoms with van der Waals surface area (Å²) in [5, 5.41) is 1.98. The van der Waals surface area contributed by atoms with Crippen molar-refractivity contribution in [1.29, 1.82) is 0 Å². The van der Waals surface area contributed by atoms with Gasteiger partial charge in [0, 0.05) is 11.3 Å². The van der Waals surface area contributed by atoms with Gasteiger partial charge in [-0.1, -0.05) is 30.3 Å². The second-order valence-electron chi connectivity index (χ2n) is 6.87. The molecule has 3 rings (SSSR count). The third-order valence-electron chi connectivity index (χ3n) is 4.98. The van der Waals surface area contributed by atoms with Crippen molar-refractivity contribution in [2.45, 2.75) is 32.9 Å². The van der Waals surface area contributed by atoms with Crippen molar-refractivity contribution in [2.24, 2.45) is 0 Å². The van der Waals surface area contributed by atoms with Crippen LogP contribution in [-0.2, 0) is 4.74 Å². The lowest BCUT2D eigenvalue weighted by molar-refractivity contribution is -0.705. The molecule has 0 saturated carbocycles. The molecule has 0 unspecified atom stereocenters. The number of benzene rings is 1. The van der Waals surface area contributed by atoms with Gasteiger partial charge in [-0.3, -0.25) is 4.79 Å². The molecule has 2 heterocycles. The Morgan fingerprint density at radius 3 is 2.43 bits per heavy atom. The fraction of sp³-hybridized carbons (Fsp3) is 0.273. The maximum Gasteiger partial charge on any atom is 0.339 e. The number of ether oxygens (including phenoxy) is 1. The van der Waals surface area contributed by atoms with Gasteiger partial charge in [0.1, 0.15) is 6.04 Å². The minimum atomic E-state index is -0.445. The number of aromatic nitrogens is 1. The second kappa shape index (κ2) is 8.27. The van der Waals surface area contributed by atoms with Crippen molar-refractivity contribution in [3.05, 3.63) is 82.6 Å². The number of quaternary nitrogens is 1. The first-order chi connectivity index (χ1) is 13.4. The molecule has 2 aromatic heterocycles. The average Bonchev–Trinajstić information content (AvgIpc) is 3.33. The number of carbonyl (C=O) groups excluding carboxylic acids is 2. The summed E-state index contributed by atoms with van der Waals surface area (Å²) in [6.07, 6.45) is 1.63. The number of aryl methyl sites for hydroxylation is 1. The molecule has 3 aromatic rings. The van der Waals surface area contributed by atoms with E-state index in [2.05, 4.69) is 4.98 Å². The van der Waals surface area contributed by atoms with Crippen LogP contribution < -0.4 is 5.32 Å². The fourth-order valence-corrected chi connectivity index (χ4v) is 3.51. The Morgan fingerprint density at radius 2 is 1.82 bits per heavy atom. The average molecular weight is 381 g/mol. The predicted octanol–water partition coefficient (Wildman–Crippen LogP) is 2.94. The number of hydrogen-bond donors (Lipinski definition) is 2. The summed E-state index contributed by atoms with van der Waals surface area (Å²) in [5.74, 6) is 0.253. The van der Waals surface area contributed by atoms with E-state index in [1.807, 2.05) is 54.7 Å². The highest BCUT2D eigenvalue weighted by atomic mass is 16.5. The largest absolute Gasteiger partial charge is 0.465 e. The molecule has 146 valence electrons. The summed E-state index contributed by atoms with van der Waals surface area (Å²) < 4.78 is 10.5. The lowest BCUT2D eigenvalue weighted by atomic mass is 10.0. The topological polar surface area (TPSA) is 88.9 Å². The highest BCUT2D eigenvalue weighted by Crippen LogP contribution is 2.21. The highest BCUT2D eigenvalue weighted by molar-refractivity contribution is 6.03. The number of carbonyl (C=O) groups is 2. The van der Waals surface area contributed by atoms with Gasteiger partial charge in [0.2, 0.25) is 5.78 Å². The molecule has 0 aliphatic carbocycles. The van der Waals surface area contributed by atoms with Crippen molar-refractivity contribution in [3.63, 3.8) is 0 Å². The standard InChI is InChI=1S/C22H24N2O4/c1-13-18(22(26)27-4)14(2)23-19(13)21(25)15(3)24-20(17-11-8-12-28-17)16-9-6-5-7-10-16/h5-12,15,20,23-24H,1-4H3/p+1/t15-,20+/m1/s1. The molecule has 3 N–H and O–H groups in total. The number of H-pyrrole nitrogens is 1. The molecule has 0 fully saturated rings. The van der Waals surface area contributed by atoms with Crippen LogP contribution in [0.15, 0.2) is 53.1 Å². The van der Waals surface area contributed by atoms with E-state index < -0.39 is 12.0 Å². The highest BCUT2D eigenvalue weighted by Gasteiger charge is 2.30. The molecule has 0 spiro atoms. The Kier molecular flexibility index (Phi) is 5.80. The Balaban J connectivity index is 1.88. The maximum absolute atomic E-state index is 13.1. The van der Waals surface area contributed by atoms with Gasteiger partial charge in [-0.15, -0.1) is 0 Å². The first kappa shape index (κ1) is 19.6. The quantitative estimate of drug-likeness (QED) is 0.486. The minimum Gasteiger partial charge on any atom is -0.465 e. The van der Waals surface area contributed by atoms with E-state index in [0.717, 1.165) is 11.3 Å². The van der Waals surface area contributed by atoms with Gasteiger partial charge < -0.3 is 19.5 Å². The SMILES string of the molecule is COC(=O)c1c(C)[nH]c(C(=O)[C@@H](C)[NH2+][C@@H](c2ccccc2)c2ccco2)c1C. The molecule has 0 bridgehead atoms. The van der Waals surface area contributed by atoms with Crippen LogP contribution >= 0.6 is 0 Å². The third kappa shape index (κ3) is 3.77. The lowest BCUT2D eigenvalue weighted by Gasteiger charge is -2.18. The Hall–Kier alpha value is -3.12. The number of furan rings is 1. The van der Waals surface area contributed by atoms with Crippen LogP contribution in [0.1, 0.15) is 56.4 Å². The predicted molar refractivity (Wildman–Crippen MR) is 104 cm³/mol. The molecule has 0 amide bonds. The molecule has 0 radical (unpaired) electrons. The Morgan fingerprint density at radius 1 is 1.11 bits per heavy atom. The van der Waals surface area contributed by atoms with Gasteiger partial charge in [-0.25, -0.2) is 4.79 Å². The number of esters is 1. The number of rotatable bonds is 7. The Labute approximate surface area is 163 Å². The van der Waals surface area contributed by atoms with Gasteiger partial charge in [-0.2, -0.15) is 0 Å². The molecule has 28 heavy (non-hydrogen) atoms. The third-order valence-corrected chi connectivity index (χ3v) is 4.98. The van der Waals surface area contributed by atoms with Crippen LogP contribution in [0.5, 0.6) is 0 Å². The number of nitrogens with one attached hydrogen (secondary N) is 1. The van der Waals surface area contributed by atoms with Crippen molar-refractivity contribution >= 4 is 11.8 Å². The molecule has 6 heteroatoms. The van der Waals surface area contributed by atoms with Crippen LogP contribution in [0.3, 0.4) is 0 Å². The first-order valence-electron chi connectivity index (χ1n) is 9.19. The maximum atomic E-state index is 13.1. The van der Waals surface area contributed by atoms with Gasteiger partial charge in [0.05, 0.1) is 24.6 Å². The van der Waals surface area contributed by atoms with E-state index in [4.69, 9.17) is 9.15 Å². The van der Waals surface area contributed by atoms with Gasteiger partial charge in [0.15, 0.2) is 11.8 Å². The van der Waals surface area contributed by atoms with Gasteiger partial charge >= 0.3 is 5.97 Å². The van der Waals surface area contributed by atoms with Crippen LogP contribution in [0.4, 0.5) is 0 Å². The number of ketones is 1. The normalized spacial score (nSPS) is 13.1. The van der Waals surface area contributed by atoms with Crippen molar-refractivity contribution in [1.82, 2.24) is 4.98 Å². The van der Waals surface area contributed by atoms with Crippen LogP contribution in [0.2, 0.25) is 0 Å². The summed E-state index contributed by atoms with van der Waals surface area (Å²) in [4.78, 5) is 28.2. The fourth-order valence-electron chi connectivity index (χ4n) is 3.51. The zero-order chi connectivity index (χ0) is 20.3. The second-order valence-corrected chi connectivity index (χ2v) is 6.87. The Bertz CT molecular complexity index is 958. The monoisotopic (exact) mass is 381 g/mol.